The molecule has 8 nitrogen and oxygen atoms in total. The van der Waals surface area contributed by atoms with Crippen LogP contribution in [0.1, 0.15) is 33.4 Å². The Morgan fingerprint density at radius 1 is 1.18 bits per heavy atom. The van der Waals surface area contributed by atoms with E-state index in [1.807, 2.05) is 0 Å². The number of halogens is 1. The SMILES string of the molecule is Cc1nn2c(N)c(P(=O)(OC(C)C)OC(C)C)nnc2c1Br. The van der Waals surface area contributed by atoms with Gasteiger partial charge in [0.1, 0.15) is 0 Å². The molecule has 0 aliphatic carbocycles. The van der Waals surface area contributed by atoms with Crippen LogP contribution >= 0.6 is 23.5 Å². The Morgan fingerprint density at radius 3 is 2.23 bits per heavy atom. The number of fused-ring (bicyclic) bond motifs is 1. The summed E-state index contributed by atoms with van der Waals surface area (Å²) in [6.07, 6.45) is -0.653. The molecule has 0 radical (unpaired) electrons. The third kappa shape index (κ3) is 3.17. The quantitative estimate of drug-likeness (QED) is 0.780. The van der Waals surface area contributed by atoms with Gasteiger partial charge in [-0.05, 0) is 50.5 Å². The van der Waals surface area contributed by atoms with Crippen molar-refractivity contribution in [3.05, 3.63) is 10.2 Å². The van der Waals surface area contributed by atoms with E-state index in [-0.39, 0.29) is 23.5 Å². The summed E-state index contributed by atoms with van der Waals surface area (Å²) in [5.41, 5.74) is 7.19. The zero-order valence-corrected chi connectivity index (χ0v) is 15.6. The van der Waals surface area contributed by atoms with Gasteiger partial charge in [-0.25, -0.2) is 0 Å². The number of aromatic nitrogens is 4. The summed E-state index contributed by atoms with van der Waals surface area (Å²) in [5.74, 6) is 0.0865. The second-order valence-electron chi connectivity index (χ2n) is 5.35. The van der Waals surface area contributed by atoms with E-state index in [1.165, 1.54) is 4.52 Å². The van der Waals surface area contributed by atoms with Gasteiger partial charge < -0.3 is 14.8 Å². The maximum Gasteiger partial charge on any atom is 0.385 e. The number of nitrogen functional groups attached to an aromatic ring is 1. The van der Waals surface area contributed by atoms with Gasteiger partial charge in [-0.2, -0.15) is 9.61 Å². The predicted molar refractivity (Wildman–Crippen MR) is 87.3 cm³/mol. The molecule has 0 bridgehead atoms. The number of hydrogen-bond acceptors (Lipinski definition) is 7. The van der Waals surface area contributed by atoms with Crippen molar-refractivity contribution in [2.24, 2.45) is 0 Å². The van der Waals surface area contributed by atoms with Gasteiger partial charge in [0.2, 0.25) is 5.44 Å². The molecule has 122 valence electrons. The molecule has 2 rings (SSSR count). The number of anilines is 1. The van der Waals surface area contributed by atoms with E-state index in [0.717, 1.165) is 0 Å². The van der Waals surface area contributed by atoms with E-state index in [1.54, 1.807) is 34.6 Å². The minimum atomic E-state index is -3.71. The number of aryl methyl sites for hydroxylation is 1. The van der Waals surface area contributed by atoms with Gasteiger partial charge in [0.05, 0.1) is 22.4 Å². The Kier molecular flexibility index (Phi) is 4.91. The predicted octanol–water partition coefficient (Wildman–Crippen LogP) is 2.45. The van der Waals surface area contributed by atoms with Gasteiger partial charge in [0.25, 0.3) is 0 Å². The third-order valence-electron chi connectivity index (χ3n) is 2.62. The van der Waals surface area contributed by atoms with Gasteiger partial charge in [-0.15, -0.1) is 10.2 Å². The standard InChI is InChI=1S/C12H19BrN5O3P/c1-6(2)20-22(19,21-7(3)4)12-10(14)18-11(15-16-12)9(13)8(5)17-18/h6-7H,14H2,1-5H3. The molecule has 2 aromatic heterocycles. The van der Waals surface area contributed by atoms with Gasteiger partial charge >= 0.3 is 7.60 Å². The molecule has 0 saturated heterocycles. The molecule has 0 aromatic carbocycles. The number of hydrogen-bond donors (Lipinski definition) is 1. The van der Waals surface area contributed by atoms with E-state index >= 15 is 0 Å². The minimum absolute atomic E-state index is 0.0302. The highest BCUT2D eigenvalue weighted by atomic mass is 79.9. The number of nitrogens with two attached hydrogens (primary N) is 1. The maximum absolute atomic E-state index is 13.1. The Balaban J connectivity index is 2.64. The van der Waals surface area contributed by atoms with Crippen LogP contribution in [0.25, 0.3) is 5.65 Å². The Morgan fingerprint density at radius 2 is 1.73 bits per heavy atom. The van der Waals surface area contributed by atoms with Gasteiger partial charge in [-0.3, -0.25) is 4.57 Å². The largest absolute Gasteiger partial charge is 0.385 e. The molecule has 0 saturated carbocycles. The molecule has 0 amide bonds. The van der Waals surface area contributed by atoms with Crippen molar-refractivity contribution in [3.63, 3.8) is 0 Å². The molecule has 0 atom stereocenters. The monoisotopic (exact) mass is 391 g/mol. The van der Waals surface area contributed by atoms with Crippen LogP contribution in [0.5, 0.6) is 0 Å². The third-order valence-corrected chi connectivity index (χ3v) is 5.78. The second kappa shape index (κ2) is 6.23. The summed E-state index contributed by atoms with van der Waals surface area (Å²) in [7, 11) is -3.71. The van der Waals surface area contributed by atoms with E-state index in [2.05, 4.69) is 31.2 Å². The summed E-state index contributed by atoms with van der Waals surface area (Å²) >= 11 is 3.37. The van der Waals surface area contributed by atoms with Crippen molar-refractivity contribution in [2.45, 2.75) is 46.8 Å². The fourth-order valence-electron chi connectivity index (χ4n) is 1.87. The number of nitrogens with zero attached hydrogens (tertiary/aromatic N) is 4. The van der Waals surface area contributed by atoms with Gasteiger partial charge in [0, 0.05) is 0 Å². The van der Waals surface area contributed by atoms with Gasteiger partial charge in [-0.1, -0.05) is 0 Å². The van der Waals surface area contributed by atoms with Crippen LogP contribution in [0.15, 0.2) is 4.47 Å². The molecule has 2 N–H and O–H groups in total. The Bertz CT molecular complexity index is 732. The summed E-state index contributed by atoms with van der Waals surface area (Å²) in [4.78, 5) is 0. The summed E-state index contributed by atoms with van der Waals surface area (Å²) in [5, 5.41) is 12.3. The summed E-state index contributed by atoms with van der Waals surface area (Å²) in [6, 6.07) is 0. The van der Waals surface area contributed by atoms with Crippen molar-refractivity contribution in [2.75, 3.05) is 5.73 Å². The van der Waals surface area contributed by atoms with Crippen molar-refractivity contribution >= 4 is 40.4 Å². The first-order valence-corrected chi connectivity index (χ1v) is 9.13. The Labute approximate surface area is 137 Å². The molecule has 10 heteroatoms. The topological polar surface area (TPSA) is 105 Å². The van der Waals surface area contributed by atoms with E-state index in [0.29, 0.717) is 15.8 Å². The highest BCUT2D eigenvalue weighted by Gasteiger charge is 2.36. The summed E-state index contributed by atoms with van der Waals surface area (Å²) in [6.45, 7) is 8.83. The minimum Gasteiger partial charge on any atom is -0.381 e. The molecule has 0 aliphatic rings. The van der Waals surface area contributed by atoms with E-state index in [4.69, 9.17) is 14.8 Å². The fraction of sp³-hybridized carbons (Fsp3) is 0.583. The molecular weight excluding hydrogens is 373 g/mol. The van der Waals surface area contributed by atoms with Crippen LogP contribution in [-0.2, 0) is 13.6 Å². The molecule has 0 spiro atoms. The van der Waals surface area contributed by atoms with Crippen LogP contribution in [0, 0.1) is 6.92 Å². The number of rotatable bonds is 5. The van der Waals surface area contributed by atoms with Crippen LogP contribution in [0.3, 0.4) is 0 Å². The van der Waals surface area contributed by atoms with Crippen molar-refractivity contribution in [3.8, 4) is 0 Å². The van der Waals surface area contributed by atoms with Gasteiger partial charge in [0.15, 0.2) is 11.5 Å². The lowest BCUT2D eigenvalue weighted by atomic mass is 10.5. The molecule has 2 heterocycles. The molecule has 0 aliphatic heterocycles. The molecule has 0 fully saturated rings. The highest BCUT2D eigenvalue weighted by molar-refractivity contribution is 9.10. The molecule has 22 heavy (non-hydrogen) atoms. The normalized spacial score (nSPS) is 12.7. The van der Waals surface area contributed by atoms with Crippen LogP contribution in [0.2, 0.25) is 0 Å². The Hall–Kier alpha value is -1.02. The van der Waals surface area contributed by atoms with Crippen LogP contribution < -0.4 is 11.2 Å². The van der Waals surface area contributed by atoms with E-state index < -0.39 is 7.60 Å². The highest BCUT2D eigenvalue weighted by Crippen LogP contribution is 2.50. The molecule has 0 unspecified atom stereocenters. The van der Waals surface area contributed by atoms with Crippen molar-refractivity contribution < 1.29 is 13.6 Å². The molecular formula is C12H19BrN5O3P. The fourth-order valence-corrected chi connectivity index (χ4v) is 4.08. The first-order valence-electron chi connectivity index (χ1n) is 6.80. The smallest absolute Gasteiger partial charge is 0.381 e. The van der Waals surface area contributed by atoms with Crippen molar-refractivity contribution in [1.29, 1.82) is 0 Å². The first kappa shape index (κ1) is 17.3. The average molecular weight is 392 g/mol. The summed E-state index contributed by atoms with van der Waals surface area (Å²) < 4.78 is 26.2. The van der Waals surface area contributed by atoms with Crippen LogP contribution in [-0.4, -0.2) is 32.0 Å². The zero-order chi connectivity index (χ0) is 16.7. The van der Waals surface area contributed by atoms with Crippen molar-refractivity contribution in [1.82, 2.24) is 19.8 Å². The lowest BCUT2D eigenvalue weighted by Gasteiger charge is -2.22. The van der Waals surface area contributed by atoms with E-state index in [9.17, 15) is 4.57 Å². The first-order chi connectivity index (χ1) is 10.2. The maximum atomic E-state index is 13.1. The lowest BCUT2D eigenvalue weighted by molar-refractivity contribution is 0.149. The second-order valence-corrected chi connectivity index (χ2v) is 7.98. The lowest BCUT2D eigenvalue weighted by Crippen LogP contribution is -2.25. The average Bonchev–Trinajstić information content (AvgIpc) is 2.65. The molecule has 2 aromatic rings. The zero-order valence-electron chi connectivity index (χ0n) is 13.1. The van der Waals surface area contributed by atoms with Crippen LogP contribution in [0.4, 0.5) is 5.82 Å².